The molecule has 34 heavy (non-hydrogen) atoms. The minimum atomic E-state index is -0.975. The van der Waals surface area contributed by atoms with Gasteiger partial charge in [0.15, 0.2) is 0 Å². The quantitative estimate of drug-likeness (QED) is 0.275. The van der Waals surface area contributed by atoms with Crippen LogP contribution >= 0.6 is 11.6 Å². The lowest BCUT2D eigenvalue weighted by Gasteiger charge is -2.24. The molecule has 6 nitrogen and oxygen atoms in total. The van der Waals surface area contributed by atoms with Crippen LogP contribution in [0.2, 0.25) is 5.02 Å². The summed E-state index contributed by atoms with van der Waals surface area (Å²) in [6, 6.07) is 12.9. The number of carbonyl (C=O) groups is 2. The molecule has 1 atom stereocenters. The van der Waals surface area contributed by atoms with Crippen LogP contribution < -0.4 is 9.64 Å². The van der Waals surface area contributed by atoms with Crippen LogP contribution in [0, 0.1) is 6.92 Å². The van der Waals surface area contributed by atoms with E-state index in [1.54, 1.807) is 42.5 Å². The molecule has 0 aliphatic carbocycles. The molecule has 1 saturated heterocycles. The van der Waals surface area contributed by atoms with Crippen molar-refractivity contribution < 1.29 is 23.8 Å². The van der Waals surface area contributed by atoms with Gasteiger partial charge in [-0.05, 0) is 59.9 Å². The number of rotatable bonds is 4. The molecule has 0 saturated carbocycles. The predicted octanol–water partition coefficient (Wildman–Crippen LogP) is 6.17. The Bertz CT molecular complexity index is 1300. The van der Waals surface area contributed by atoms with E-state index in [-0.39, 0.29) is 16.7 Å². The van der Waals surface area contributed by atoms with Crippen LogP contribution in [0.25, 0.3) is 5.76 Å². The van der Waals surface area contributed by atoms with Crippen LogP contribution in [0.1, 0.15) is 49.3 Å². The minimum absolute atomic E-state index is 0.0824. The number of aryl methyl sites for hydroxylation is 1. The second kappa shape index (κ2) is 8.69. The van der Waals surface area contributed by atoms with Crippen molar-refractivity contribution in [2.75, 3.05) is 12.0 Å². The van der Waals surface area contributed by atoms with Crippen molar-refractivity contribution in [3.63, 3.8) is 0 Å². The van der Waals surface area contributed by atoms with E-state index in [9.17, 15) is 14.7 Å². The number of anilines is 1. The second-order valence-corrected chi connectivity index (χ2v) is 9.69. The van der Waals surface area contributed by atoms with Gasteiger partial charge in [0.2, 0.25) is 0 Å². The maximum Gasteiger partial charge on any atom is 0.300 e. The van der Waals surface area contributed by atoms with Crippen LogP contribution in [-0.4, -0.2) is 23.9 Å². The zero-order valence-electron chi connectivity index (χ0n) is 19.7. The number of nitrogens with zero attached hydrogens (tertiary/aromatic N) is 1. The standard InChI is InChI=1S/C27H26ClNO5/c1-15-8-10-17(14-19(15)28)29-23(21-7-6-12-34-21)22(25(31)26(29)32)24(30)18-13-16(27(2,3)4)9-11-20(18)33-5/h6-14,23,30H,1-5H3/b24-22+. The highest BCUT2D eigenvalue weighted by molar-refractivity contribution is 6.51. The maximum absolute atomic E-state index is 13.3. The smallest absolute Gasteiger partial charge is 0.300 e. The van der Waals surface area contributed by atoms with Crippen LogP contribution in [0.4, 0.5) is 5.69 Å². The summed E-state index contributed by atoms with van der Waals surface area (Å²) in [5.41, 5.74) is 2.22. The summed E-state index contributed by atoms with van der Waals surface area (Å²) < 4.78 is 11.1. The van der Waals surface area contributed by atoms with Gasteiger partial charge in [0, 0.05) is 10.7 Å². The van der Waals surface area contributed by atoms with E-state index in [2.05, 4.69) is 0 Å². The number of ether oxygens (including phenoxy) is 1. The molecule has 1 amide bonds. The van der Waals surface area contributed by atoms with E-state index >= 15 is 0 Å². The predicted molar refractivity (Wildman–Crippen MR) is 131 cm³/mol. The van der Waals surface area contributed by atoms with Gasteiger partial charge in [-0.2, -0.15) is 0 Å². The summed E-state index contributed by atoms with van der Waals surface area (Å²) in [4.78, 5) is 27.9. The van der Waals surface area contributed by atoms with Crippen LogP contribution in [0.3, 0.4) is 0 Å². The van der Waals surface area contributed by atoms with Gasteiger partial charge in [-0.3, -0.25) is 14.5 Å². The summed E-state index contributed by atoms with van der Waals surface area (Å²) in [6.07, 6.45) is 1.46. The SMILES string of the molecule is COc1ccc(C(C)(C)C)cc1/C(O)=C1\C(=O)C(=O)N(c2ccc(C)c(Cl)c2)C1c1ccco1. The second-order valence-electron chi connectivity index (χ2n) is 9.28. The number of benzene rings is 2. The Morgan fingerprint density at radius 3 is 2.44 bits per heavy atom. The molecule has 0 radical (unpaired) electrons. The number of Topliss-reactive ketones (excluding diaryl/α,β-unsaturated/α-hetero) is 1. The third-order valence-electron chi connectivity index (χ3n) is 6.01. The zero-order chi connectivity index (χ0) is 24.8. The van der Waals surface area contributed by atoms with Gasteiger partial charge in [0.25, 0.3) is 11.7 Å². The number of hydrogen-bond donors (Lipinski definition) is 1. The molecular formula is C27H26ClNO5. The summed E-state index contributed by atoms with van der Waals surface area (Å²) in [5.74, 6) is -1.22. The lowest BCUT2D eigenvalue weighted by atomic mass is 9.85. The number of methoxy groups -OCH3 is 1. The van der Waals surface area contributed by atoms with Crippen molar-refractivity contribution in [3.8, 4) is 5.75 Å². The van der Waals surface area contributed by atoms with Crippen molar-refractivity contribution in [2.45, 2.75) is 39.2 Å². The summed E-state index contributed by atoms with van der Waals surface area (Å²) >= 11 is 6.32. The molecule has 1 unspecified atom stereocenters. The van der Waals surface area contributed by atoms with E-state index in [4.69, 9.17) is 20.8 Å². The van der Waals surface area contributed by atoms with Gasteiger partial charge in [-0.15, -0.1) is 0 Å². The fraction of sp³-hybridized carbons (Fsp3) is 0.259. The van der Waals surface area contributed by atoms with Crippen molar-refractivity contribution >= 4 is 34.7 Å². The normalized spacial score (nSPS) is 17.9. The fourth-order valence-corrected chi connectivity index (χ4v) is 4.23. The molecule has 2 aromatic carbocycles. The zero-order valence-corrected chi connectivity index (χ0v) is 20.4. The van der Waals surface area contributed by atoms with Crippen molar-refractivity contribution in [2.24, 2.45) is 0 Å². The molecular weight excluding hydrogens is 454 g/mol. The number of carbonyl (C=O) groups excluding carboxylic acids is 2. The van der Waals surface area contributed by atoms with Crippen molar-refractivity contribution in [3.05, 3.63) is 87.8 Å². The topological polar surface area (TPSA) is 80.0 Å². The monoisotopic (exact) mass is 479 g/mol. The maximum atomic E-state index is 13.3. The van der Waals surface area contributed by atoms with Gasteiger partial charge >= 0.3 is 0 Å². The molecule has 1 aliphatic rings. The number of aliphatic hydroxyl groups excluding tert-OH is 1. The Kier molecular flexibility index (Phi) is 6.04. The van der Waals surface area contributed by atoms with E-state index in [0.717, 1.165) is 11.1 Å². The Hall–Kier alpha value is -3.51. The average molecular weight is 480 g/mol. The largest absolute Gasteiger partial charge is 0.507 e. The number of hydrogen-bond acceptors (Lipinski definition) is 5. The minimum Gasteiger partial charge on any atom is -0.507 e. The Labute approximate surface area is 203 Å². The fourth-order valence-electron chi connectivity index (χ4n) is 4.05. The average Bonchev–Trinajstić information content (AvgIpc) is 3.41. The highest BCUT2D eigenvalue weighted by Crippen LogP contribution is 2.44. The molecule has 176 valence electrons. The molecule has 1 aliphatic heterocycles. The highest BCUT2D eigenvalue weighted by atomic mass is 35.5. The molecule has 0 spiro atoms. The number of halogens is 1. The third-order valence-corrected chi connectivity index (χ3v) is 6.42. The Morgan fingerprint density at radius 1 is 1.12 bits per heavy atom. The lowest BCUT2D eigenvalue weighted by Crippen LogP contribution is -2.29. The summed E-state index contributed by atoms with van der Waals surface area (Å²) in [7, 11) is 1.49. The number of amides is 1. The Balaban J connectivity index is 1.97. The van der Waals surface area contributed by atoms with Crippen LogP contribution in [0.15, 0.2) is 64.8 Å². The van der Waals surface area contributed by atoms with Gasteiger partial charge in [-0.1, -0.05) is 44.5 Å². The first kappa shape index (κ1) is 23.6. The molecule has 7 heteroatoms. The number of furan rings is 1. The highest BCUT2D eigenvalue weighted by Gasteiger charge is 2.48. The van der Waals surface area contributed by atoms with Crippen molar-refractivity contribution in [1.29, 1.82) is 0 Å². The van der Waals surface area contributed by atoms with E-state index in [1.807, 2.05) is 33.8 Å². The Morgan fingerprint density at radius 2 is 1.85 bits per heavy atom. The first-order valence-corrected chi connectivity index (χ1v) is 11.2. The number of ketones is 1. The van der Waals surface area contributed by atoms with Gasteiger partial charge in [0.05, 0.1) is 24.5 Å². The van der Waals surface area contributed by atoms with Crippen molar-refractivity contribution in [1.82, 2.24) is 0 Å². The third kappa shape index (κ3) is 3.99. The molecule has 1 aromatic heterocycles. The first-order chi connectivity index (χ1) is 16.0. The van der Waals surface area contributed by atoms with Gasteiger partial charge < -0.3 is 14.3 Å². The van der Waals surface area contributed by atoms with E-state index < -0.39 is 17.7 Å². The summed E-state index contributed by atoms with van der Waals surface area (Å²) in [5, 5.41) is 11.9. The molecule has 1 fully saturated rings. The van der Waals surface area contributed by atoms with Crippen LogP contribution in [-0.2, 0) is 15.0 Å². The van der Waals surface area contributed by atoms with Crippen LogP contribution in [0.5, 0.6) is 5.75 Å². The molecule has 4 rings (SSSR count). The van der Waals surface area contributed by atoms with E-state index in [1.165, 1.54) is 18.3 Å². The lowest BCUT2D eigenvalue weighted by molar-refractivity contribution is -0.132. The summed E-state index contributed by atoms with van der Waals surface area (Å²) in [6.45, 7) is 7.98. The molecule has 3 aromatic rings. The van der Waals surface area contributed by atoms with E-state index in [0.29, 0.717) is 27.8 Å². The molecule has 1 N–H and O–H groups in total. The van der Waals surface area contributed by atoms with Gasteiger partial charge in [0.1, 0.15) is 23.3 Å². The molecule has 0 bridgehead atoms. The number of aliphatic hydroxyl groups is 1. The van der Waals surface area contributed by atoms with Gasteiger partial charge in [-0.25, -0.2) is 0 Å². The first-order valence-electron chi connectivity index (χ1n) is 10.8. The molecule has 2 heterocycles.